The van der Waals surface area contributed by atoms with Gasteiger partial charge < -0.3 is 39.7 Å². The van der Waals surface area contributed by atoms with Crippen molar-refractivity contribution in [2.75, 3.05) is 46.1 Å². The number of aliphatic hydroxyl groups excluding tert-OH is 3. The molecule has 0 bridgehead atoms. The van der Waals surface area contributed by atoms with E-state index in [9.17, 15) is 24.1 Å². The summed E-state index contributed by atoms with van der Waals surface area (Å²) in [7, 11) is 0. The lowest BCUT2D eigenvalue weighted by Gasteiger charge is -2.47. The number of likely N-dealkylation sites (tertiary alicyclic amines) is 1. The quantitative estimate of drug-likeness (QED) is 0.120. The lowest BCUT2D eigenvalue weighted by molar-refractivity contribution is -0.0926. The van der Waals surface area contributed by atoms with Crippen molar-refractivity contribution in [1.82, 2.24) is 10.2 Å². The number of β-amino-alcohol motifs (C(OH)–C–C–N with tert-alkyl or cyclic N) is 1. The van der Waals surface area contributed by atoms with Gasteiger partial charge in [-0.15, -0.1) is 0 Å². The van der Waals surface area contributed by atoms with Gasteiger partial charge in [0.25, 0.3) is 0 Å². The van der Waals surface area contributed by atoms with Crippen LogP contribution in [0.2, 0.25) is 5.02 Å². The highest BCUT2D eigenvalue weighted by Gasteiger charge is 2.49. The highest BCUT2D eigenvalue weighted by atomic mass is 35.5. The van der Waals surface area contributed by atoms with Crippen LogP contribution in [0, 0.1) is 17.0 Å². The van der Waals surface area contributed by atoms with Crippen molar-refractivity contribution in [3.63, 3.8) is 0 Å². The standard InChI is InChI=1S/C40H49ClF2N2O6/c1-38(2)34(29-9-5-4-6-10-29)11-7-13-40(38,51-16-8-14-45-15-12-33(48)23-45)27-50-37-21-36(49-24-28-17-31(42)20-32(43)18-28)30(19-35(37)41)22-44-39(3,25-46)26-47/h4-7,9-11,13,17-21,33,44,46-48H,8,12,14-16,22-27H2,1-3H3/t33?,40-/m0/s1. The largest absolute Gasteiger partial charge is 0.488 e. The molecule has 0 saturated carbocycles. The number of benzene rings is 3. The molecule has 1 heterocycles. The van der Waals surface area contributed by atoms with E-state index in [1.165, 1.54) is 12.1 Å². The minimum atomic E-state index is -0.980. The van der Waals surface area contributed by atoms with E-state index in [2.05, 4.69) is 42.3 Å². The van der Waals surface area contributed by atoms with Gasteiger partial charge in [-0.05, 0) is 60.7 Å². The monoisotopic (exact) mass is 726 g/mol. The van der Waals surface area contributed by atoms with E-state index >= 15 is 0 Å². The Kier molecular flexibility index (Phi) is 12.9. The van der Waals surface area contributed by atoms with Crippen LogP contribution in [0.5, 0.6) is 11.5 Å². The second kappa shape index (κ2) is 17.0. The molecule has 51 heavy (non-hydrogen) atoms. The zero-order valence-electron chi connectivity index (χ0n) is 29.5. The zero-order valence-corrected chi connectivity index (χ0v) is 30.3. The molecule has 1 aliphatic carbocycles. The highest BCUT2D eigenvalue weighted by Crippen LogP contribution is 2.49. The molecule has 0 radical (unpaired) electrons. The predicted octanol–water partition coefficient (Wildman–Crippen LogP) is 6.30. The van der Waals surface area contributed by atoms with Crippen molar-refractivity contribution in [1.29, 1.82) is 0 Å². The Labute approximate surface area is 304 Å². The molecule has 1 saturated heterocycles. The summed E-state index contributed by atoms with van der Waals surface area (Å²) in [5, 5.41) is 33.1. The first kappa shape index (κ1) is 38.9. The summed E-state index contributed by atoms with van der Waals surface area (Å²) in [6.45, 7) is 8.23. The molecule has 3 aromatic carbocycles. The van der Waals surface area contributed by atoms with Crippen molar-refractivity contribution >= 4 is 17.2 Å². The van der Waals surface area contributed by atoms with Gasteiger partial charge in [0.2, 0.25) is 0 Å². The maximum absolute atomic E-state index is 14.0. The van der Waals surface area contributed by atoms with Gasteiger partial charge in [-0.1, -0.05) is 67.9 Å². The van der Waals surface area contributed by atoms with Crippen molar-refractivity contribution < 1.29 is 38.3 Å². The fourth-order valence-corrected chi connectivity index (χ4v) is 6.79. The van der Waals surface area contributed by atoms with Crippen LogP contribution in [0.4, 0.5) is 8.78 Å². The molecule has 1 unspecified atom stereocenters. The van der Waals surface area contributed by atoms with E-state index in [0.717, 1.165) is 43.1 Å². The summed E-state index contributed by atoms with van der Waals surface area (Å²) >= 11 is 6.85. The fourth-order valence-electron chi connectivity index (χ4n) is 6.55. The van der Waals surface area contributed by atoms with Gasteiger partial charge in [0.1, 0.15) is 41.9 Å². The van der Waals surface area contributed by atoms with Crippen molar-refractivity contribution in [2.24, 2.45) is 5.41 Å². The van der Waals surface area contributed by atoms with Crippen LogP contribution in [0.15, 0.2) is 78.9 Å². The van der Waals surface area contributed by atoms with E-state index in [1.807, 2.05) is 30.4 Å². The van der Waals surface area contributed by atoms with Crippen molar-refractivity contribution in [3.8, 4) is 11.5 Å². The second-order valence-electron chi connectivity index (χ2n) is 14.2. The molecule has 4 N–H and O–H groups in total. The smallest absolute Gasteiger partial charge is 0.141 e. The number of halogens is 3. The molecule has 5 rings (SSSR count). The predicted molar refractivity (Wildman–Crippen MR) is 195 cm³/mol. The zero-order chi connectivity index (χ0) is 36.6. The summed E-state index contributed by atoms with van der Waals surface area (Å²) in [6, 6.07) is 16.7. The molecule has 276 valence electrons. The third kappa shape index (κ3) is 9.56. The Hall–Kier alpha value is -3.35. The van der Waals surface area contributed by atoms with Crippen molar-refractivity contribution in [2.45, 2.75) is 64.0 Å². The van der Waals surface area contributed by atoms with Gasteiger partial charge in [-0.3, -0.25) is 0 Å². The number of hydrogen-bond acceptors (Lipinski definition) is 8. The summed E-state index contributed by atoms with van der Waals surface area (Å²) < 4.78 is 47.4. The average molecular weight is 727 g/mol. The molecule has 0 amide bonds. The van der Waals surface area contributed by atoms with Crippen LogP contribution in [0.25, 0.3) is 5.57 Å². The van der Waals surface area contributed by atoms with Crippen LogP contribution in [0.3, 0.4) is 0 Å². The number of rotatable bonds is 17. The Balaban J connectivity index is 1.42. The first-order chi connectivity index (χ1) is 24.4. The second-order valence-corrected chi connectivity index (χ2v) is 14.6. The molecule has 0 spiro atoms. The summed E-state index contributed by atoms with van der Waals surface area (Å²) in [6.07, 6.45) is 7.40. The van der Waals surface area contributed by atoms with Gasteiger partial charge in [-0.2, -0.15) is 0 Å². The van der Waals surface area contributed by atoms with E-state index in [1.54, 1.807) is 19.1 Å². The molecule has 11 heteroatoms. The maximum atomic E-state index is 14.0. The Morgan fingerprint density at radius 3 is 2.39 bits per heavy atom. The minimum Gasteiger partial charge on any atom is -0.488 e. The number of allylic oxidation sites excluding steroid dienone is 2. The van der Waals surface area contributed by atoms with Gasteiger partial charge in [0, 0.05) is 55.9 Å². The molecule has 2 atom stereocenters. The lowest BCUT2D eigenvalue weighted by Crippen LogP contribution is -2.52. The van der Waals surface area contributed by atoms with Gasteiger partial charge in [0.15, 0.2) is 0 Å². The van der Waals surface area contributed by atoms with Crippen LogP contribution >= 0.6 is 11.6 Å². The third-order valence-electron chi connectivity index (χ3n) is 9.95. The number of aliphatic hydroxyl groups is 3. The van der Waals surface area contributed by atoms with E-state index in [-0.39, 0.29) is 39.1 Å². The number of nitrogens with one attached hydrogen (secondary N) is 1. The summed E-state index contributed by atoms with van der Waals surface area (Å²) in [4.78, 5) is 2.24. The molecule has 1 fully saturated rings. The Bertz CT molecular complexity index is 1660. The number of ether oxygens (including phenoxy) is 3. The van der Waals surface area contributed by atoms with Crippen LogP contribution < -0.4 is 14.8 Å². The minimum absolute atomic E-state index is 0.0993. The first-order valence-corrected chi connectivity index (χ1v) is 17.7. The van der Waals surface area contributed by atoms with Gasteiger partial charge in [0.05, 0.1) is 29.9 Å². The summed E-state index contributed by atoms with van der Waals surface area (Å²) in [5.74, 6) is -0.766. The van der Waals surface area contributed by atoms with Crippen molar-refractivity contribution in [3.05, 3.63) is 112 Å². The molecule has 3 aromatic rings. The molecule has 1 aliphatic heterocycles. The normalized spacial score (nSPS) is 20.4. The Morgan fingerprint density at radius 1 is 1.00 bits per heavy atom. The van der Waals surface area contributed by atoms with E-state index in [0.29, 0.717) is 40.8 Å². The topological polar surface area (TPSA) is 104 Å². The van der Waals surface area contributed by atoms with E-state index in [4.69, 9.17) is 25.8 Å². The fraction of sp³-hybridized carbons (Fsp3) is 0.450. The van der Waals surface area contributed by atoms with Crippen LogP contribution in [-0.4, -0.2) is 83.5 Å². The van der Waals surface area contributed by atoms with Crippen LogP contribution in [0.1, 0.15) is 50.3 Å². The molecule has 2 aliphatic rings. The summed E-state index contributed by atoms with van der Waals surface area (Å²) in [5.41, 5.74) is 0.599. The maximum Gasteiger partial charge on any atom is 0.141 e. The SMILES string of the molecule is CC(CO)(CO)NCc1cc(Cl)c(OC[C@@]2(OCCCN3CCC(O)C3)C=CC=C(c3ccccc3)C2(C)C)cc1OCc1cc(F)cc(F)c1. The molecular weight excluding hydrogens is 678 g/mol. The average Bonchev–Trinajstić information content (AvgIpc) is 3.53. The molecule has 8 nitrogen and oxygen atoms in total. The molecule has 0 aromatic heterocycles. The van der Waals surface area contributed by atoms with Gasteiger partial charge in [-0.25, -0.2) is 8.78 Å². The molecular formula is C40H49ClF2N2O6. The number of nitrogens with zero attached hydrogens (tertiary/aromatic N) is 1. The highest BCUT2D eigenvalue weighted by molar-refractivity contribution is 6.32. The first-order valence-electron chi connectivity index (χ1n) is 17.4. The van der Waals surface area contributed by atoms with E-state index < -0.39 is 28.2 Å². The third-order valence-corrected chi connectivity index (χ3v) is 10.2. The number of hydrogen-bond donors (Lipinski definition) is 4. The van der Waals surface area contributed by atoms with Crippen LogP contribution in [-0.2, 0) is 17.9 Å². The van der Waals surface area contributed by atoms with Gasteiger partial charge >= 0.3 is 0 Å². The lowest BCUT2D eigenvalue weighted by atomic mass is 9.65. The Morgan fingerprint density at radius 2 is 1.73 bits per heavy atom.